The molecule has 0 aliphatic carbocycles. The van der Waals surface area contributed by atoms with Crippen molar-refractivity contribution in [3.63, 3.8) is 0 Å². The highest BCUT2D eigenvalue weighted by molar-refractivity contribution is 7.10. The molecule has 0 unspecified atom stereocenters. The van der Waals surface area contributed by atoms with Gasteiger partial charge >= 0.3 is 0 Å². The molecule has 4 nitrogen and oxygen atoms in total. The molecule has 5 heteroatoms. The van der Waals surface area contributed by atoms with Crippen molar-refractivity contribution in [3.8, 4) is 6.07 Å². The van der Waals surface area contributed by atoms with Crippen LogP contribution in [0.25, 0.3) is 0 Å². The van der Waals surface area contributed by atoms with E-state index in [-0.39, 0.29) is 0 Å². The first kappa shape index (κ1) is 10.9. The van der Waals surface area contributed by atoms with E-state index in [4.69, 9.17) is 9.68 Å². The standard InChI is InChI=1S/C11H11N3OS/c1-8-4-14-11(15-8)6-13-5-10-2-9(3-12)7-16-10/h2,4,7,13H,5-6H2,1H3. The number of hydrogen-bond acceptors (Lipinski definition) is 5. The first-order valence-corrected chi connectivity index (χ1v) is 5.75. The number of nitrogens with zero attached hydrogens (tertiary/aromatic N) is 2. The van der Waals surface area contributed by atoms with Gasteiger partial charge in [-0.25, -0.2) is 4.98 Å². The van der Waals surface area contributed by atoms with Gasteiger partial charge in [0.2, 0.25) is 5.89 Å². The maximum absolute atomic E-state index is 8.67. The van der Waals surface area contributed by atoms with E-state index in [2.05, 4.69) is 16.4 Å². The molecule has 0 aromatic carbocycles. The summed E-state index contributed by atoms with van der Waals surface area (Å²) in [5.74, 6) is 1.51. The average Bonchev–Trinajstić information content (AvgIpc) is 2.88. The quantitative estimate of drug-likeness (QED) is 0.879. The molecule has 0 amide bonds. The summed E-state index contributed by atoms with van der Waals surface area (Å²) < 4.78 is 5.33. The van der Waals surface area contributed by atoms with Crippen LogP contribution in [0.5, 0.6) is 0 Å². The minimum Gasteiger partial charge on any atom is -0.445 e. The normalized spacial score (nSPS) is 10.2. The molecule has 2 aromatic rings. The number of aryl methyl sites for hydroxylation is 1. The lowest BCUT2D eigenvalue weighted by atomic mass is 10.3. The van der Waals surface area contributed by atoms with Crippen LogP contribution < -0.4 is 5.32 Å². The van der Waals surface area contributed by atoms with Crippen molar-refractivity contribution >= 4 is 11.3 Å². The van der Waals surface area contributed by atoms with Crippen LogP contribution in [0.2, 0.25) is 0 Å². The molecule has 0 radical (unpaired) electrons. The van der Waals surface area contributed by atoms with Crippen LogP contribution in [0.3, 0.4) is 0 Å². The second kappa shape index (κ2) is 4.92. The molecule has 82 valence electrons. The molecule has 1 N–H and O–H groups in total. The molecular formula is C11H11N3OS. The van der Waals surface area contributed by atoms with E-state index in [0.717, 1.165) is 17.2 Å². The minimum absolute atomic E-state index is 0.605. The fourth-order valence-electron chi connectivity index (χ4n) is 1.31. The van der Waals surface area contributed by atoms with Crippen LogP contribution in [0.15, 0.2) is 22.1 Å². The molecule has 0 aliphatic heterocycles. The predicted octanol–water partition coefficient (Wildman–Crippen LogP) is 2.21. The van der Waals surface area contributed by atoms with Gasteiger partial charge in [0.15, 0.2) is 0 Å². The van der Waals surface area contributed by atoms with Gasteiger partial charge in [0.1, 0.15) is 11.8 Å². The average molecular weight is 233 g/mol. The van der Waals surface area contributed by atoms with Crippen molar-refractivity contribution < 1.29 is 4.42 Å². The lowest BCUT2D eigenvalue weighted by Crippen LogP contribution is -2.11. The number of thiophene rings is 1. The number of nitriles is 1. The summed E-state index contributed by atoms with van der Waals surface area (Å²) in [7, 11) is 0. The maximum atomic E-state index is 8.67. The van der Waals surface area contributed by atoms with Crippen LogP contribution >= 0.6 is 11.3 Å². The molecule has 0 fully saturated rings. The topological polar surface area (TPSA) is 61.9 Å². The Labute approximate surface area is 97.5 Å². The fourth-order valence-corrected chi connectivity index (χ4v) is 2.09. The van der Waals surface area contributed by atoms with E-state index in [1.165, 1.54) is 0 Å². The van der Waals surface area contributed by atoms with E-state index in [1.807, 2.05) is 18.4 Å². The summed E-state index contributed by atoms with van der Waals surface area (Å²) in [5, 5.41) is 13.7. The van der Waals surface area contributed by atoms with E-state index in [1.54, 1.807) is 17.5 Å². The lowest BCUT2D eigenvalue weighted by molar-refractivity contribution is 0.449. The van der Waals surface area contributed by atoms with Crippen LogP contribution in [-0.2, 0) is 13.1 Å². The Kier molecular flexibility index (Phi) is 3.34. The molecule has 0 saturated carbocycles. The second-order valence-electron chi connectivity index (χ2n) is 3.38. The van der Waals surface area contributed by atoms with Crippen molar-refractivity contribution in [2.45, 2.75) is 20.0 Å². The Hall–Kier alpha value is -1.64. The monoisotopic (exact) mass is 233 g/mol. The molecule has 0 saturated heterocycles. The molecule has 0 atom stereocenters. The molecule has 0 spiro atoms. The Morgan fingerprint density at radius 3 is 3.06 bits per heavy atom. The smallest absolute Gasteiger partial charge is 0.208 e. The second-order valence-corrected chi connectivity index (χ2v) is 4.38. The van der Waals surface area contributed by atoms with Gasteiger partial charge < -0.3 is 9.73 Å². The summed E-state index contributed by atoms with van der Waals surface area (Å²) in [5.41, 5.74) is 0.716. The SMILES string of the molecule is Cc1cnc(CNCc2cc(C#N)cs2)o1. The number of rotatable bonds is 4. The van der Waals surface area contributed by atoms with Gasteiger partial charge in [-0.1, -0.05) is 0 Å². The number of nitrogens with one attached hydrogen (secondary N) is 1. The molecular weight excluding hydrogens is 222 g/mol. The van der Waals surface area contributed by atoms with Crippen LogP contribution in [-0.4, -0.2) is 4.98 Å². The highest BCUT2D eigenvalue weighted by atomic mass is 32.1. The van der Waals surface area contributed by atoms with Gasteiger partial charge in [-0.2, -0.15) is 5.26 Å². The Morgan fingerprint density at radius 2 is 2.44 bits per heavy atom. The Balaban J connectivity index is 1.82. The molecule has 2 heterocycles. The van der Waals surface area contributed by atoms with Gasteiger partial charge in [0.05, 0.1) is 18.3 Å². The summed E-state index contributed by atoms with van der Waals surface area (Å²) in [6.07, 6.45) is 1.70. The lowest BCUT2D eigenvalue weighted by Gasteiger charge is -1.98. The van der Waals surface area contributed by atoms with E-state index >= 15 is 0 Å². The largest absolute Gasteiger partial charge is 0.445 e. The molecule has 2 aromatic heterocycles. The number of oxazole rings is 1. The Bertz CT molecular complexity index is 509. The Morgan fingerprint density at radius 1 is 1.56 bits per heavy atom. The van der Waals surface area contributed by atoms with Gasteiger partial charge in [-0.15, -0.1) is 11.3 Å². The van der Waals surface area contributed by atoms with Crippen molar-refractivity contribution in [1.82, 2.24) is 10.3 Å². The highest BCUT2D eigenvalue weighted by Crippen LogP contribution is 2.13. The molecule has 16 heavy (non-hydrogen) atoms. The van der Waals surface area contributed by atoms with E-state index in [0.29, 0.717) is 18.0 Å². The van der Waals surface area contributed by atoms with Gasteiger partial charge in [0, 0.05) is 16.8 Å². The number of hydrogen-bond donors (Lipinski definition) is 1. The number of aromatic nitrogens is 1. The summed E-state index contributed by atoms with van der Waals surface area (Å²) in [4.78, 5) is 5.23. The molecule has 2 rings (SSSR count). The van der Waals surface area contributed by atoms with Crippen molar-refractivity contribution in [3.05, 3.63) is 39.7 Å². The van der Waals surface area contributed by atoms with Crippen molar-refractivity contribution in [2.75, 3.05) is 0 Å². The van der Waals surface area contributed by atoms with E-state index in [9.17, 15) is 0 Å². The zero-order chi connectivity index (χ0) is 11.4. The fraction of sp³-hybridized carbons (Fsp3) is 0.273. The van der Waals surface area contributed by atoms with Crippen LogP contribution in [0.4, 0.5) is 0 Å². The first-order chi connectivity index (χ1) is 7.78. The van der Waals surface area contributed by atoms with Gasteiger partial charge in [0.25, 0.3) is 0 Å². The van der Waals surface area contributed by atoms with Crippen molar-refractivity contribution in [1.29, 1.82) is 5.26 Å². The zero-order valence-electron chi connectivity index (χ0n) is 8.86. The van der Waals surface area contributed by atoms with Crippen LogP contribution in [0, 0.1) is 18.3 Å². The third-order valence-electron chi connectivity index (χ3n) is 2.03. The predicted molar refractivity (Wildman–Crippen MR) is 60.8 cm³/mol. The van der Waals surface area contributed by atoms with Gasteiger partial charge in [-0.05, 0) is 13.0 Å². The summed E-state index contributed by atoms with van der Waals surface area (Å²) in [6.45, 7) is 3.20. The molecule has 0 bridgehead atoms. The highest BCUT2D eigenvalue weighted by Gasteiger charge is 2.01. The van der Waals surface area contributed by atoms with Gasteiger partial charge in [-0.3, -0.25) is 0 Å². The third-order valence-corrected chi connectivity index (χ3v) is 2.96. The van der Waals surface area contributed by atoms with Crippen molar-refractivity contribution in [2.24, 2.45) is 0 Å². The van der Waals surface area contributed by atoms with Crippen LogP contribution in [0.1, 0.15) is 22.1 Å². The maximum Gasteiger partial charge on any atom is 0.208 e. The molecule has 0 aliphatic rings. The first-order valence-electron chi connectivity index (χ1n) is 4.87. The zero-order valence-corrected chi connectivity index (χ0v) is 9.67. The summed E-state index contributed by atoms with van der Waals surface area (Å²) in [6, 6.07) is 4.00. The third kappa shape index (κ3) is 2.69. The van der Waals surface area contributed by atoms with E-state index < -0.39 is 0 Å². The minimum atomic E-state index is 0.605. The summed E-state index contributed by atoms with van der Waals surface area (Å²) >= 11 is 1.58.